The zero-order chi connectivity index (χ0) is 13.8. The number of para-hydroxylation sites is 1. The van der Waals surface area contributed by atoms with Crippen LogP contribution in [0, 0.1) is 0 Å². The number of nitrogens with zero attached hydrogens (tertiary/aromatic N) is 2. The Kier molecular flexibility index (Phi) is 4.30. The second kappa shape index (κ2) is 5.95. The van der Waals surface area contributed by atoms with Crippen molar-refractivity contribution in [1.82, 2.24) is 9.55 Å². The van der Waals surface area contributed by atoms with Gasteiger partial charge in [0.25, 0.3) is 0 Å². The molecule has 0 saturated heterocycles. The van der Waals surface area contributed by atoms with E-state index in [1.807, 2.05) is 19.1 Å². The first-order valence-electron chi connectivity index (χ1n) is 7.12. The molecule has 2 rings (SSSR count). The van der Waals surface area contributed by atoms with E-state index in [-0.39, 0.29) is 0 Å². The lowest BCUT2D eigenvalue weighted by atomic mass is 10.1. The number of aromatic nitrogens is 2. The van der Waals surface area contributed by atoms with E-state index in [0.29, 0.717) is 18.6 Å². The van der Waals surface area contributed by atoms with Crippen LogP contribution in [0.1, 0.15) is 46.1 Å². The third-order valence-corrected chi connectivity index (χ3v) is 3.47. The number of hydrogen-bond acceptors (Lipinski definition) is 3. The number of nitrogen functional groups attached to an aromatic ring is 1. The van der Waals surface area contributed by atoms with Crippen molar-refractivity contribution in [2.24, 2.45) is 0 Å². The Bertz CT molecular complexity index is 548. The lowest BCUT2D eigenvalue weighted by Crippen LogP contribution is -2.11. The molecule has 0 aliphatic carbocycles. The number of hydrogen-bond donors (Lipinski definition) is 1. The molecule has 0 radical (unpaired) electrons. The molecule has 1 unspecified atom stereocenters. The second-order valence-electron chi connectivity index (χ2n) is 4.75. The van der Waals surface area contributed by atoms with Gasteiger partial charge in [-0.05, 0) is 31.9 Å². The van der Waals surface area contributed by atoms with Gasteiger partial charge in [0.2, 0.25) is 5.95 Å². The number of imidazole rings is 1. The maximum Gasteiger partial charge on any atom is 0.201 e. The zero-order valence-electron chi connectivity index (χ0n) is 12.0. The average Bonchev–Trinajstić information content (AvgIpc) is 2.74. The van der Waals surface area contributed by atoms with Gasteiger partial charge in [0.1, 0.15) is 11.3 Å². The highest BCUT2D eigenvalue weighted by Crippen LogP contribution is 2.32. The summed E-state index contributed by atoms with van der Waals surface area (Å²) in [7, 11) is 0. The maximum atomic E-state index is 6.12. The smallest absolute Gasteiger partial charge is 0.201 e. The molecule has 19 heavy (non-hydrogen) atoms. The normalized spacial score (nSPS) is 12.8. The molecule has 2 aromatic rings. The number of benzene rings is 1. The number of rotatable bonds is 6. The maximum absolute atomic E-state index is 6.12. The number of anilines is 1. The van der Waals surface area contributed by atoms with Gasteiger partial charge in [0, 0.05) is 6.04 Å². The summed E-state index contributed by atoms with van der Waals surface area (Å²) >= 11 is 0. The highest BCUT2D eigenvalue weighted by molar-refractivity contribution is 5.84. The van der Waals surface area contributed by atoms with Crippen LogP contribution in [0.4, 0.5) is 5.95 Å². The fourth-order valence-corrected chi connectivity index (χ4v) is 2.61. The molecule has 0 amide bonds. The summed E-state index contributed by atoms with van der Waals surface area (Å²) in [5, 5.41) is 0. The molecule has 0 aliphatic heterocycles. The van der Waals surface area contributed by atoms with Crippen LogP contribution in [0.5, 0.6) is 5.75 Å². The highest BCUT2D eigenvalue weighted by atomic mass is 16.5. The van der Waals surface area contributed by atoms with Gasteiger partial charge in [0.15, 0.2) is 0 Å². The third kappa shape index (κ3) is 2.53. The fourth-order valence-electron chi connectivity index (χ4n) is 2.61. The van der Waals surface area contributed by atoms with E-state index in [1.165, 1.54) is 0 Å². The van der Waals surface area contributed by atoms with Crippen molar-refractivity contribution in [1.29, 1.82) is 0 Å². The molecule has 0 saturated carbocycles. The molecule has 1 aromatic heterocycles. The van der Waals surface area contributed by atoms with Crippen LogP contribution in [0.25, 0.3) is 11.0 Å². The first kappa shape index (κ1) is 13.7. The quantitative estimate of drug-likeness (QED) is 0.861. The van der Waals surface area contributed by atoms with E-state index in [1.54, 1.807) is 0 Å². The molecule has 104 valence electrons. The predicted octanol–water partition coefficient (Wildman–Crippen LogP) is 3.77. The number of fused-ring (bicyclic) bond motifs is 1. The van der Waals surface area contributed by atoms with Crippen LogP contribution in [0.3, 0.4) is 0 Å². The van der Waals surface area contributed by atoms with Crippen LogP contribution >= 0.6 is 0 Å². The number of ether oxygens (including phenoxy) is 1. The lowest BCUT2D eigenvalue weighted by molar-refractivity contribution is 0.343. The van der Waals surface area contributed by atoms with Gasteiger partial charge in [-0.1, -0.05) is 26.3 Å². The Hall–Kier alpha value is -1.71. The van der Waals surface area contributed by atoms with Crippen molar-refractivity contribution in [2.45, 2.75) is 46.1 Å². The first-order chi connectivity index (χ1) is 9.22. The zero-order valence-corrected chi connectivity index (χ0v) is 12.0. The van der Waals surface area contributed by atoms with Crippen molar-refractivity contribution in [3.63, 3.8) is 0 Å². The van der Waals surface area contributed by atoms with E-state index < -0.39 is 0 Å². The van der Waals surface area contributed by atoms with Crippen LogP contribution < -0.4 is 10.5 Å². The molecule has 4 heteroatoms. The Morgan fingerprint density at radius 1 is 1.32 bits per heavy atom. The molecule has 0 aliphatic rings. The molecule has 2 N–H and O–H groups in total. The van der Waals surface area contributed by atoms with Gasteiger partial charge in [-0.15, -0.1) is 0 Å². The van der Waals surface area contributed by atoms with Gasteiger partial charge in [0.05, 0.1) is 12.1 Å². The Morgan fingerprint density at radius 3 is 2.74 bits per heavy atom. The molecule has 1 aromatic carbocycles. The van der Waals surface area contributed by atoms with Crippen molar-refractivity contribution in [2.75, 3.05) is 12.3 Å². The Labute approximate surface area is 114 Å². The summed E-state index contributed by atoms with van der Waals surface area (Å²) in [6, 6.07) is 6.43. The first-order valence-corrected chi connectivity index (χ1v) is 7.12. The minimum atomic E-state index is 0.409. The van der Waals surface area contributed by atoms with Crippen LogP contribution in [-0.2, 0) is 0 Å². The van der Waals surface area contributed by atoms with E-state index in [4.69, 9.17) is 10.5 Å². The summed E-state index contributed by atoms with van der Waals surface area (Å²) in [5.74, 6) is 1.40. The highest BCUT2D eigenvalue weighted by Gasteiger charge is 2.17. The van der Waals surface area contributed by atoms with E-state index in [0.717, 1.165) is 36.0 Å². The Balaban J connectivity index is 2.55. The van der Waals surface area contributed by atoms with Crippen molar-refractivity contribution >= 4 is 17.0 Å². The van der Waals surface area contributed by atoms with Crippen LogP contribution in [0.15, 0.2) is 18.2 Å². The van der Waals surface area contributed by atoms with Gasteiger partial charge >= 0.3 is 0 Å². The van der Waals surface area contributed by atoms with Crippen molar-refractivity contribution < 1.29 is 4.74 Å². The average molecular weight is 261 g/mol. The SMILES string of the molecule is CCCC(CC)n1c(N)nc2c(OCC)cccc21. The standard InChI is InChI=1S/C15H23N3O/c1-4-8-11(5-2)18-12-9-7-10-13(19-6-3)14(12)17-15(18)16/h7,9-11H,4-6,8H2,1-3H3,(H2,16,17). The van der Waals surface area contributed by atoms with Crippen molar-refractivity contribution in [3.8, 4) is 5.75 Å². The molecule has 0 fully saturated rings. The number of nitrogens with two attached hydrogens (primary N) is 1. The molecule has 1 heterocycles. The predicted molar refractivity (Wildman–Crippen MR) is 79.6 cm³/mol. The van der Waals surface area contributed by atoms with Gasteiger partial charge in [-0.3, -0.25) is 0 Å². The monoisotopic (exact) mass is 261 g/mol. The fraction of sp³-hybridized carbons (Fsp3) is 0.533. The molecule has 0 bridgehead atoms. The topological polar surface area (TPSA) is 53.1 Å². The van der Waals surface area contributed by atoms with Gasteiger partial charge in [-0.2, -0.15) is 0 Å². The second-order valence-corrected chi connectivity index (χ2v) is 4.75. The summed E-state index contributed by atoms with van der Waals surface area (Å²) in [6.45, 7) is 7.00. The van der Waals surface area contributed by atoms with Crippen LogP contribution in [-0.4, -0.2) is 16.2 Å². The molecule has 4 nitrogen and oxygen atoms in total. The van der Waals surface area contributed by atoms with Gasteiger partial charge in [-0.25, -0.2) is 4.98 Å². The Morgan fingerprint density at radius 2 is 2.11 bits per heavy atom. The summed E-state index contributed by atoms with van der Waals surface area (Å²) in [4.78, 5) is 4.50. The van der Waals surface area contributed by atoms with E-state index in [9.17, 15) is 0 Å². The molecule has 1 atom stereocenters. The largest absolute Gasteiger partial charge is 0.492 e. The minimum Gasteiger partial charge on any atom is -0.492 e. The molecular formula is C15H23N3O. The molecule has 0 spiro atoms. The lowest BCUT2D eigenvalue weighted by Gasteiger charge is -2.18. The summed E-state index contributed by atoms with van der Waals surface area (Å²) < 4.78 is 7.78. The molecular weight excluding hydrogens is 238 g/mol. The van der Waals surface area contributed by atoms with Crippen molar-refractivity contribution in [3.05, 3.63) is 18.2 Å². The van der Waals surface area contributed by atoms with E-state index in [2.05, 4.69) is 29.5 Å². The summed E-state index contributed by atoms with van der Waals surface area (Å²) in [5.41, 5.74) is 8.07. The third-order valence-electron chi connectivity index (χ3n) is 3.47. The minimum absolute atomic E-state index is 0.409. The van der Waals surface area contributed by atoms with Crippen LogP contribution in [0.2, 0.25) is 0 Å². The van der Waals surface area contributed by atoms with Gasteiger partial charge < -0.3 is 15.0 Å². The summed E-state index contributed by atoms with van der Waals surface area (Å²) in [6.07, 6.45) is 3.32. The van der Waals surface area contributed by atoms with E-state index >= 15 is 0 Å².